The van der Waals surface area contributed by atoms with Crippen LogP contribution in [-0.2, 0) is 9.53 Å². The maximum absolute atomic E-state index is 12.8. The number of amides is 1. The number of carboxylic acid groups (broad SMARTS) is 1. The molecule has 0 saturated carbocycles. The third-order valence-corrected chi connectivity index (χ3v) is 5.42. The summed E-state index contributed by atoms with van der Waals surface area (Å²) in [7, 11) is 5.27. The van der Waals surface area contributed by atoms with Crippen molar-refractivity contribution in [1.29, 1.82) is 0 Å². The molecule has 0 radical (unpaired) electrons. The molecule has 0 spiro atoms. The Balaban J connectivity index is 2.00. The van der Waals surface area contributed by atoms with Gasteiger partial charge in [0.1, 0.15) is 6.04 Å². The molecule has 1 N–H and O–H groups in total. The summed E-state index contributed by atoms with van der Waals surface area (Å²) in [6, 6.07) is 14.2. The van der Waals surface area contributed by atoms with Gasteiger partial charge in [-0.05, 0) is 62.2 Å². The summed E-state index contributed by atoms with van der Waals surface area (Å²) < 4.78 is 5.05. The van der Waals surface area contributed by atoms with Gasteiger partial charge < -0.3 is 14.7 Å². The lowest BCUT2D eigenvalue weighted by atomic mass is 9.99. The van der Waals surface area contributed by atoms with Gasteiger partial charge in [0.25, 0.3) is 0 Å². The second kappa shape index (κ2) is 9.09. The maximum Gasteiger partial charge on any atom is 0.411 e. The van der Waals surface area contributed by atoms with Crippen LogP contribution in [0, 0.1) is 0 Å². The van der Waals surface area contributed by atoms with E-state index < -0.39 is 24.1 Å². The van der Waals surface area contributed by atoms with E-state index in [-0.39, 0.29) is 0 Å². The van der Waals surface area contributed by atoms with E-state index in [1.807, 2.05) is 62.6 Å². The minimum Gasteiger partial charge on any atom is -0.480 e. The summed E-state index contributed by atoms with van der Waals surface area (Å²) in [6.45, 7) is 0.875. The van der Waals surface area contributed by atoms with Crippen LogP contribution in [0.25, 0.3) is 11.1 Å². The highest BCUT2D eigenvalue weighted by Gasteiger charge is 2.41. The van der Waals surface area contributed by atoms with E-state index in [4.69, 9.17) is 4.74 Å². The highest BCUT2D eigenvalue weighted by molar-refractivity contribution is 5.85. The summed E-state index contributed by atoms with van der Waals surface area (Å²) in [4.78, 5) is 28.5. The van der Waals surface area contributed by atoms with Gasteiger partial charge in [-0.25, -0.2) is 9.59 Å². The maximum atomic E-state index is 12.8. The number of fused-ring (bicyclic) bond motifs is 3. The fourth-order valence-corrected chi connectivity index (χ4v) is 4.09. The van der Waals surface area contributed by atoms with E-state index in [9.17, 15) is 14.7 Å². The van der Waals surface area contributed by atoms with Gasteiger partial charge in [0.15, 0.2) is 0 Å². The second-order valence-corrected chi connectivity index (χ2v) is 7.61. The number of nitrogens with zero attached hydrogens (tertiary/aromatic N) is 2. The molecule has 1 unspecified atom stereocenters. The zero-order valence-electron chi connectivity index (χ0n) is 17.2. The smallest absolute Gasteiger partial charge is 0.411 e. The molecule has 0 saturated heterocycles. The Bertz CT molecular complexity index is 835. The zero-order valence-corrected chi connectivity index (χ0v) is 17.2. The van der Waals surface area contributed by atoms with Crippen LogP contribution in [0.4, 0.5) is 4.79 Å². The van der Waals surface area contributed by atoms with Crippen molar-refractivity contribution < 1.29 is 19.4 Å². The lowest BCUT2D eigenvalue weighted by molar-refractivity contribution is -0.143. The van der Waals surface area contributed by atoms with Crippen molar-refractivity contribution in [2.24, 2.45) is 0 Å². The lowest BCUT2D eigenvalue weighted by Crippen LogP contribution is -2.47. The first-order valence-corrected chi connectivity index (χ1v) is 9.87. The summed E-state index contributed by atoms with van der Waals surface area (Å²) >= 11 is 0. The SMILES string of the molecule is COC(=O)N(C(CCCCN(C)C)C(=O)O)C1c2ccccc2-c2ccccc21. The van der Waals surface area contributed by atoms with Crippen molar-refractivity contribution in [3.63, 3.8) is 0 Å². The Morgan fingerprint density at radius 3 is 2.03 bits per heavy atom. The van der Waals surface area contributed by atoms with Crippen LogP contribution in [0.5, 0.6) is 0 Å². The molecular formula is C23H28N2O4. The molecule has 0 fully saturated rings. The zero-order chi connectivity index (χ0) is 21.0. The monoisotopic (exact) mass is 396 g/mol. The number of carboxylic acids is 1. The van der Waals surface area contributed by atoms with Gasteiger partial charge in [0.2, 0.25) is 0 Å². The highest BCUT2D eigenvalue weighted by atomic mass is 16.5. The minimum absolute atomic E-state index is 0.374. The summed E-state index contributed by atoms with van der Waals surface area (Å²) in [6.07, 6.45) is 1.32. The third-order valence-electron chi connectivity index (χ3n) is 5.42. The summed E-state index contributed by atoms with van der Waals surface area (Å²) in [5, 5.41) is 9.99. The first-order chi connectivity index (χ1) is 14.0. The number of methoxy groups -OCH3 is 1. The normalized spacial score (nSPS) is 13.7. The van der Waals surface area contributed by atoms with Crippen LogP contribution in [-0.4, -0.2) is 60.8 Å². The number of carbonyl (C=O) groups excluding carboxylic acids is 1. The van der Waals surface area contributed by atoms with Crippen molar-refractivity contribution >= 4 is 12.1 Å². The molecule has 6 heteroatoms. The van der Waals surface area contributed by atoms with E-state index >= 15 is 0 Å². The van der Waals surface area contributed by atoms with Crippen molar-refractivity contribution in [3.8, 4) is 11.1 Å². The Kier molecular flexibility index (Phi) is 6.54. The second-order valence-electron chi connectivity index (χ2n) is 7.61. The Morgan fingerprint density at radius 2 is 1.55 bits per heavy atom. The largest absolute Gasteiger partial charge is 0.480 e. The average Bonchev–Trinajstić information content (AvgIpc) is 3.04. The summed E-state index contributed by atoms with van der Waals surface area (Å²) in [5.41, 5.74) is 3.91. The van der Waals surface area contributed by atoms with Crippen LogP contribution < -0.4 is 0 Å². The van der Waals surface area contributed by atoms with Gasteiger partial charge in [0, 0.05) is 0 Å². The van der Waals surface area contributed by atoms with Crippen LogP contribution in [0.15, 0.2) is 48.5 Å². The number of carbonyl (C=O) groups is 2. The molecule has 1 amide bonds. The third kappa shape index (κ3) is 4.27. The van der Waals surface area contributed by atoms with Crippen molar-refractivity contribution in [2.45, 2.75) is 31.3 Å². The Labute approximate surface area is 171 Å². The van der Waals surface area contributed by atoms with E-state index in [0.717, 1.165) is 35.2 Å². The number of rotatable bonds is 8. The van der Waals surface area contributed by atoms with Gasteiger partial charge in [-0.2, -0.15) is 0 Å². The molecule has 6 nitrogen and oxygen atoms in total. The fourth-order valence-electron chi connectivity index (χ4n) is 4.09. The van der Waals surface area contributed by atoms with Crippen molar-refractivity contribution in [1.82, 2.24) is 9.80 Å². The van der Waals surface area contributed by atoms with Crippen LogP contribution in [0.1, 0.15) is 36.4 Å². The number of ether oxygens (including phenoxy) is 1. The molecule has 0 aliphatic heterocycles. The minimum atomic E-state index is -1.01. The molecule has 0 heterocycles. The molecule has 1 aliphatic rings. The standard InChI is InChI=1S/C23H28N2O4/c1-24(2)15-9-8-14-20(22(26)27)25(23(28)29-3)21-18-12-6-4-10-16(18)17-11-5-7-13-19(17)21/h4-7,10-13,20-21H,8-9,14-15H2,1-3H3,(H,26,27). The van der Waals surface area contributed by atoms with Crippen LogP contribution in [0.2, 0.25) is 0 Å². The van der Waals surface area contributed by atoms with Gasteiger partial charge in [0.05, 0.1) is 13.2 Å². The molecule has 3 rings (SSSR count). The lowest BCUT2D eigenvalue weighted by Gasteiger charge is -2.34. The van der Waals surface area contributed by atoms with E-state index in [1.54, 1.807) is 0 Å². The number of hydrogen-bond acceptors (Lipinski definition) is 4. The number of unbranched alkanes of at least 4 members (excludes halogenated alkanes) is 1. The molecule has 2 aromatic carbocycles. The van der Waals surface area contributed by atoms with Crippen molar-refractivity contribution in [2.75, 3.05) is 27.7 Å². The number of hydrogen-bond donors (Lipinski definition) is 1. The molecule has 29 heavy (non-hydrogen) atoms. The molecule has 154 valence electrons. The topological polar surface area (TPSA) is 70.1 Å². The number of benzene rings is 2. The Hall–Kier alpha value is -2.86. The summed E-state index contributed by atoms with van der Waals surface area (Å²) in [5.74, 6) is -1.01. The molecular weight excluding hydrogens is 368 g/mol. The van der Waals surface area contributed by atoms with Crippen molar-refractivity contribution in [3.05, 3.63) is 59.7 Å². The van der Waals surface area contributed by atoms with Gasteiger partial charge >= 0.3 is 12.1 Å². The quantitative estimate of drug-likeness (QED) is 0.683. The van der Waals surface area contributed by atoms with Gasteiger partial charge in [-0.15, -0.1) is 0 Å². The molecule has 0 bridgehead atoms. The van der Waals surface area contributed by atoms with Crippen LogP contribution >= 0.6 is 0 Å². The first kappa shape index (κ1) is 20.9. The Morgan fingerprint density at radius 1 is 1.00 bits per heavy atom. The molecule has 1 atom stereocenters. The van der Waals surface area contributed by atoms with Crippen LogP contribution in [0.3, 0.4) is 0 Å². The average molecular weight is 396 g/mol. The predicted octanol–water partition coefficient (Wildman–Crippen LogP) is 4.01. The molecule has 1 aliphatic carbocycles. The van der Waals surface area contributed by atoms with E-state index in [0.29, 0.717) is 12.8 Å². The predicted molar refractivity (Wildman–Crippen MR) is 112 cm³/mol. The highest BCUT2D eigenvalue weighted by Crippen LogP contribution is 2.47. The van der Waals surface area contributed by atoms with Gasteiger partial charge in [-0.1, -0.05) is 48.5 Å². The van der Waals surface area contributed by atoms with E-state index in [2.05, 4.69) is 4.90 Å². The first-order valence-electron chi connectivity index (χ1n) is 9.87. The van der Waals surface area contributed by atoms with E-state index in [1.165, 1.54) is 12.0 Å². The molecule has 2 aromatic rings. The fraction of sp³-hybridized carbons (Fsp3) is 0.391. The molecule has 0 aromatic heterocycles. The number of aliphatic carboxylic acids is 1. The van der Waals surface area contributed by atoms with Gasteiger partial charge in [-0.3, -0.25) is 4.90 Å².